The summed E-state index contributed by atoms with van der Waals surface area (Å²) < 4.78 is 5.20. The van der Waals surface area contributed by atoms with Crippen LogP contribution in [0.15, 0.2) is 23.1 Å². The molecule has 0 aromatic heterocycles. The van der Waals surface area contributed by atoms with E-state index < -0.39 is 0 Å². The van der Waals surface area contributed by atoms with E-state index in [0.29, 0.717) is 6.04 Å². The van der Waals surface area contributed by atoms with Crippen molar-refractivity contribution in [3.05, 3.63) is 18.2 Å². The van der Waals surface area contributed by atoms with Gasteiger partial charge in [-0.3, -0.25) is 0 Å². The number of ether oxygens (including phenoxy) is 1. The molecule has 16 heavy (non-hydrogen) atoms. The summed E-state index contributed by atoms with van der Waals surface area (Å²) in [4.78, 5) is 1.12. The Morgan fingerprint density at radius 3 is 3.12 bits per heavy atom. The van der Waals surface area contributed by atoms with Crippen LogP contribution in [0.3, 0.4) is 0 Å². The number of anilines is 1. The largest absolute Gasteiger partial charge is 0.497 e. The maximum atomic E-state index is 5.93. The number of hydrogen-bond donors (Lipinski definition) is 2. The highest BCUT2D eigenvalue weighted by atomic mass is 32.2. The minimum Gasteiger partial charge on any atom is -0.497 e. The van der Waals surface area contributed by atoms with E-state index in [1.54, 1.807) is 18.9 Å². The van der Waals surface area contributed by atoms with Crippen molar-refractivity contribution in [1.82, 2.24) is 5.32 Å². The van der Waals surface area contributed by atoms with Crippen LogP contribution in [0.4, 0.5) is 5.69 Å². The van der Waals surface area contributed by atoms with Crippen molar-refractivity contribution >= 4 is 17.4 Å². The van der Waals surface area contributed by atoms with Crippen molar-refractivity contribution in [3.8, 4) is 5.75 Å². The molecule has 0 bridgehead atoms. The Labute approximate surface area is 101 Å². The summed E-state index contributed by atoms with van der Waals surface area (Å²) >= 11 is 1.81. The van der Waals surface area contributed by atoms with Crippen molar-refractivity contribution in [3.63, 3.8) is 0 Å². The molecule has 3 N–H and O–H groups in total. The van der Waals surface area contributed by atoms with Crippen molar-refractivity contribution in [2.24, 2.45) is 0 Å². The zero-order valence-corrected chi connectivity index (χ0v) is 10.3. The molecule has 0 radical (unpaired) electrons. The molecule has 1 aromatic rings. The number of thioether (sulfide) groups is 1. The quantitative estimate of drug-likeness (QED) is 0.623. The number of rotatable bonds is 4. The topological polar surface area (TPSA) is 47.3 Å². The van der Waals surface area contributed by atoms with Crippen molar-refractivity contribution in [2.45, 2.75) is 23.8 Å². The Kier molecular flexibility index (Phi) is 3.96. The molecular formula is C12H18N2OS. The first-order valence-electron chi connectivity index (χ1n) is 5.59. The smallest absolute Gasteiger partial charge is 0.120 e. The van der Waals surface area contributed by atoms with Gasteiger partial charge in [-0.05, 0) is 37.6 Å². The monoisotopic (exact) mass is 238 g/mol. The van der Waals surface area contributed by atoms with Gasteiger partial charge in [-0.2, -0.15) is 0 Å². The Hall–Kier alpha value is -0.870. The number of methoxy groups -OCH3 is 1. The molecule has 0 saturated carbocycles. The minimum atomic E-state index is 0.635. The van der Waals surface area contributed by atoms with E-state index in [1.807, 2.05) is 18.2 Å². The molecule has 1 heterocycles. The van der Waals surface area contributed by atoms with Crippen molar-refractivity contribution in [2.75, 3.05) is 25.1 Å². The molecular weight excluding hydrogens is 220 g/mol. The standard InChI is InChI=1S/C12H18N2OS/c1-15-10-4-5-11(13)12(7-10)16-8-9-3-2-6-14-9/h4-5,7,9,14H,2-3,6,8,13H2,1H3/t9-/m1/s1. The molecule has 1 aromatic carbocycles. The summed E-state index contributed by atoms with van der Waals surface area (Å²) in [6.07, 6.45) is 2.57. The maximum Gasteiger partial charge on any atom is 0.120 e. The van der Waals surface area contributed by atoms with Gasteiger partial charge in [0, 0.05) is 22.4 Å². The van der Waals surface area contributed by atoms with Crippen LogP contribution in [0.25, 0.3) is 0 Å². The third-order valence-corrected chi connectivity index (χ3v) is 4.06. The van der Waals surface area contributed by atoms with Gasteiger partial charge in [0.1, 0.15) is 5.75 Å². The zero-order chi connectivity index (χ0) is 11.4. The van der Waals surface area contributed by atoms with Crippen molar-refractivity contribution < 1.29 is 4.74 Å². The van der Waals surface area contributed by atoms with Crippen molar-refractivity contribution in [1.29, 1.82) is 0 Å². The molecule has 3 nitrogen and oxygen atoms in total. The first-order valence-corrected chi connectivity index (χ1v) is 6.58. The highest BCUT2D eigenvalue weighted by Gasteiger charge is 2.14. The van der Waals surface area contributed by atoms with Gasteiger partial charge < -0.3 is 15.8 Å². The average molecular weight is 238 g/mol. The van der Waals surface area contributed by atoms with Gasteiger partial charge in [-0.15, -0.1) is 11.8 Å². The van der Waals surface area contributed by atoms with Gasteiger partial charge in [-0.1, -0.05) is 0 Å². The second-order valence-corrected chi connectivity index (χ2v) is 5.07. The van der Waals surface area contributed by atoms with Crippen LogP contribution in [0.2, 0.25) is 0 Å². The summed E-state index contributed by atoms with van der Waals surface area (Å²) in [6, 6.07) is 6.45. The molecule has 1 atom stereocenters. The summed E-state index contributed by atoms with van der Waals surface area (Å²) in [5.74, 6) is 1.95. The second-order valence-electron chi connectivity index (χ2n) is 4.01. The Morgan fingerprint density at radius 2 is 2.44 bits per heavy atom. The number of nitrogen functional groups attached to an aromatic ring is 1. The van der Waals surface area contributed by atoms with Crippen LogP contribution in [-0.4, -0.2) is 25.4 Å². The van der Waals surface area contributed by atoms with E-state index in [2.05, 4.69) is 5.32 Å². The number of hydrogen-bond acceptors (Lipinski definition) is 4. The normalized spacial score (nSPS) is 19.9. The molecule has 1 aliphatic rings. The first-order chi connectivity index (χ1) is 7.79. The molecule has 88 valence electrons. The van der Waals surface area contributed by atoms with Crippen LogP contribution in [0.1, 0.15) is 12.8 Å². The van der Waals surface area contributed by atoms with Gasteiger partial charge in [0.05, 0.1) is 7.11 Å². The predicted molar refractivity (Wildman–Crippen MR) is 69.2 cm³/mol. The highest BCUT2D eigenvalue weighted by Crippen LogP contribution is 2.30. The lowest BCUT2D eigenvalue weighted by atomic mass is 10.3. The summed E-state index contributed by atoms with van der Waals surface area (Å²) in [6.45, 7) is 1.15. The van der Waals surface area contributed by atoms with E-state index in [1.165, 1.54) is 12.8 Å². The van der Waals surface area contributed by atoms with Gasteiger partial charge in [0.15, 0.2) is 0 Å². The van der Waals surface area contributed by atoms with Gasteiger partial charge in [0.25, 0.3) is 0 Å². The van der Waals surface area contributed by atoms with E-state index in [4.69, 9.17) is 10.5 Å². The molecule has 0 amide bonds. The molecule has 0 unspecified atom stereocenters. The fourth-order valence-electron chi connectivity index (χ4n) is 1.86. The van der Waals surface area contributed by atoms with Crippen LogP contribution in [0, 0.1) is 0 Å². The van der Waals surface area contributed by atoms with Gasteiger partial charge in [0.2, 0.25) is 0 Å². The predicted octanol–water partition coefficient (Wildman–Crippen LogP) is 2.12. The fraction of sp³-hybridized carbons (Fsp3) is 0.500. The Balaban J connectivity index is 1.96. The molecule has 1 aliphatic heterocycles. The van der Waals surface area contributed by atoms with Crippen LogP contribution in [0.5, 0.6) is 5.75 Å². The molecule has 2 rings (SSSR count). The number of benzene rings is 1. The summed E-state index contributed by atoms with van der Waals surface area (Å²) in [7, 11) is 1.68. The lowest BCUT2D eigenvalue weighted by molar-refractivity contribution is 0.414. The number of nitrogens with two attached hydrogens (primary N) is 1. The third kappa shape index (κ3) is 2.83. The molecule has 1 saturated heterocycles. The van der Waals surface area contributed by atoms with E-state index in [9.17, 15) is 0 Å². The lowest BCUT2D eigenvalue weighted by Crippen LogP contribution is -2.23. The van der Waals surface area contributed by atoms with E-state index in [0.717, 1.165) is 28.6 Å². The van der Waals surface area contributed by atoms with Gasteiger partial charge >= 0.3 is 0 Å². The zero-order valence-electron chi connectivity index (χ0n) is 9.53. The molecule has 4 heteroatoms. The Morgan fingerprint density at radius 1 is 1.56 bits per heavy atom. The molecule has 0 spiro atoms. The average Bonchev–Trinajstić information content (AvgIpc) is 2.81. The fourth-order valence-corrected chi connectivity index (χ4v) is 2.96. The summed E-state index contributed by atoms with van der Waals surface area (Å²) in [5.41, 5.74) is 6.77. The van der Waals surface area contributed by atoms with Crippen LogP contribution >= 0.6 is 11.8 Å². The SMILES string of the molecule is COc1ccc(N)c(SC[C@H]2CCCN2)c1. The lowest BCUT2D eigenvalue weighted by Gasteiger charge is -2.11. The molecule has 0 aliphatic carbocycles. The second kappa shape index (κ2) is 5.46. The van der Waals surface area contributed by atoms with Crippen LogP contribution in [-0.2, 0) is 0 Å². The minimum absolute atomic E-state index is 0.635. The highest BCUT2D eigenvalue weighted by molar-refractivity contribution is 7.99. The van der Waals surface area contributed by atoms with Gasteiger partial charge in [-0.25, -0.2) is 0 Å². The van der Waals surface area contributed by atoms with E-state index in [-0.39, 0.29) is 0 Å². The summed E-state index contributed by atoms with van der Waals surface area (Å²) in [5, 5.41) is 3.48. The third-order valence-electron chi connectivity index (χ3n) is 2.82. The Bertz CT molecular complexity index is 351. The first kappa shape index (κ1) is 11.6. The number of nitrogens with one attached hydrogen (secondary N) is 1. The van der Waals surface area contributed by atoms with E-state index >= 15 is 0 Å². The maximum absolute atomic E-state index is 5.93. The molecule has 1 fully saturated rings. The van der Waals surface area contributed by atoms with Crippen LogP contribution < -0.4 is 15.8 Å².